The van der Waals surface area contributed by atoms with Crippen molar-refractivity contribution in [3.05, 3.63) is 23.8 Å². The van der Waals surface area contributed by atoms with Gasteiger partial charge in [0.15, 0.2) is 19.5 Å². The Balaban J connectivity index is 0.000000258. The van der Waals surface area contributed by atoms with Crippen LogP contribution in [0, 0.1) is 0 Å². The Morgan fingerprint density at radius 3 is 2.05 bits per heavy atom. The topological polar surface area (TPSA) is 30.5 Å². The molecule has 0 amide bonds. The Hall–Kier alpha value is -0.895. The molecule has 2 rings (SSSR count). The molecule has 0 aliphatic carbocycles. The van der Waals surface area contributed by atoms with Crippen LogP contribution in [0.25, 0.3) is 0 Å². The van der Waals surface area contributed by atoms with Crippen molar-refractivity contribution in [3.8, 4) is 11.5 Å². The molecule has 0 atom stereocenters. The van der Waals surface area contributed by atoms with Crippen LogP contribution in [-0.4, -0.2) is 51.5 Å². The lowest BCUT2D eigenvalue weighted by atomic mass is 9.52. The predicted octanol–water partition coefficient (Wildman–Crippen LogP) is -0.405. The van der Waals surface area contributed by atoms with E-state index in [9.17, 15) is 0 Å². The summed E-state index contributed by atoms with van der Waals surface area (Å²) >= 11 is 0. The monoisotopic (exact) mass is 245 g/mol. The molecule has 0 fully saturated rings. The van der Waals surface area contributed by atoms with Crippen molar-refractivity contribution in [1.29, 1.82) is 0 Å². The molecule has 3 nitrogen and oxygen atoms in total. The summed E-state index contributed by atoms with van der Waals surface area (Å²) in [6.45, 7) is 3.57. The van der Waals surface area contributed by atoms with E-state index in [1.807, 2.05) is 18.2 Å². The van der Waals surface area contributed by atoms with E-state index in [1.54, 1.807) is 13.8 Å². The minimum Gasteiger partial charge on any atom is -0.454 e. The summed E-state index contributed by atoms with van der Waals surface area (Å²) < 4.78 is 10.4. The number of hydrogen-bond acceptors (Lipinski definition) is 3. The maximum Gasteiger partial charge on any atom is 0.231 e. The normalized spacial score (nSPS) is 13.6. The van der Waals surface area contributed by atoms with Crippen LogP contribution in [0.1, 0.15) is 19.4 Å². The summed E-state index contributed by atoms with van der Waals surface area (Å²) in [7, 11) is 26.4. The van der Waals surface area contributed by atoms with Crippen molar-refractivity contribution in [2.45, 2.75) is 24.4 Å². The summed E-state index contributed by atoms with van der Waals surface area (Å²) in [5, 5.41) is 0.397. The molecule has 19 heavy (non-hydrogen) atoms. The van der Waals surface area contributed by atoms with Crippen LogP contribution >= 0.6 is 0 Å². The van der Waals surface area contributed by atoms with Gasteiger partial charge in [0.25, 0.3) is 0 Å². The second kappa shape index (κ2) is 6.04. The molecule has 10 radical (unpaired) electrons. The largest absolute Gasteiger partial charge is 0.454 e. The fraction of sp³-hybridized carbons (Fsp3) is 0.455. The van der Waals surface area contributed by atoms with Gasteiger partial charge in [-0.3, -0.25) is 0 Å². The highest BCUT2D eigenvalue weighted by Gasteiger charge is 2.18. The minimum atomic E-state index is -0.931. The Kier molecular flexibility index (Phi) is 5.14. The number of nitrogens with one attached hydrogen (secondary N) is 1. The van der Waals surface area contributed by atoms with E-state index >= 15 is 0 Å². The second-order valence-corrected chi connectivity index (χ2v) is 4.78. The minimum absolute atomic E-state index is 0.268. The van der Waals surface area contributed by atoms with E-state index in [0.717, 1.165) is 11.3 Å². The van der Waals surface area contributed by atoms with Crippen LogP contribution in [0.15, 0.2) is 18.2 Å². The fourth-order valence-corrected chi connectivity index (χ4v) is 1.23. The van der Waals surface area contributed by atoms with Gasteiger partial charge in [-0.2, -0.15) is 0 Å². The zero-order valence-corrected chi connectivity index (χ0v) is 11.1. The molecule has 0 saturated heterocycles. The number of benzene rings is 1. The quantitative estimate of drug-likeness (QED) is 0.718. The van der Waals surface area contributed by atoms with Crippen molar-refractivity contribution >= 4 is 39.4 Å². The van der Waals surface area contributed by atoms with E-state index in [4.69, 9.17) is 48.8 Å². The van der Waals surface area contributed by atoms with Crippen LogP contribution in [0.4, 0.5) is 0 Å². The molecule has 88 valence electrons. The third kappa shape index (κ3) is 5.31. The first kappa shape index (κ1) is 16.2. The predicted molar refractivity (Wildman–Crippen MR) is 80.2 cm³/mol. The molecule has 1 heterocycles. The van der Waals surface area contributed by atoms with Gasteiger partial charge < -0.3 is 14.7 Å². The van der Waals surface area contributed by atoms with Crippen molar-refractivity contribution < 1.29 is 9.47 Å². The van der Waals surface area contributed by atoms with E-state index in [2.05, 4.69) is 5.23 Å². The number of ether oxygens (including phenoxy) is 2. The van der Waals surface area contributed by atoms with Gasteiger partial charge in [0, 0.05) is 0 Å². The van der Waals surface area contributed by atoms with E-state index in [-0.39, 0.29) is 6.79 Å². The molecule has 8 heteroatoms. The standard InChI is InChI=1S/C9H8B2O2.C2H4B3N/c1-9(10,11)6-2-3-7-8(4-6)13-5-12-7;1-2(3,4)6-5/h2-4H,5H2,1H3;6H,1H3. The number of fused-ring (bicyclic) bond motifs is 1. The van der Waals surface area contributed by atoms with Crippen molar-refractivity contribution in [2.24, 2.45) is 0 Å². The summed E-state index contributed by atoms with van der Waals surface area (Å²) in [6.07, 6.45) is 0. The maximum absolute atomic E-state index is 5.73. The van der Waals surface area contributed by atoms with Gasteiger partial charge in [0.1, 0.15) is 0 Å². The Morgan fingerprint density at radius 1 is 1.05 bits per heavy atom. The van der Waals surface area contributed by atoms with Crippen LogP contribution in [0.5, 0.6) is 11.5 Å². The fourth-order valence-electron chi connectivity index (χ4n) is 1.23. The summed E-state index contributed by atoms with van der Waals surface area (Å²) in [5.74, 6) is 1.45. The smallest absolute Gasteiger partial charge is 0.231 e. The Labute approximate surface area is 121 Å². The Morgan fingerprint density at radius 2 is 1.58 bits per heavy atom. The summed E-state index contributed by atoms with van der Waals surface area (Å²) in [4.78, 5) is 0. The first-order valence-corrected chi connectivity index (χ1v) is 5.67. The van der Waals surface area contributed by atoms with Gasteiger partial charge in [-0.05, 0) is 12.1 Å². The first-order valence-electron chi connectivity index (χ1n) is 5.67. The molecule has 0 aromatic heterocycles. The zero-order chi connectivity index (χ0) is 14.7. The van der Waals surface area contributed by atoms with Gasteiger partial charge in [-0.25, -0.2) is 0 Å². The lowest BCUT2D eigenvalue weighted by Gasteiger charge is -2.19. The summed E-state index contributed by atoms with van der Waals surface area (Å²) in [6, 6.07) is 5.46. The molecular formula is C11H12B5NO2. The van der Waals surface area contributed by atoms with Gasteiger partial charge in [-0.15, -0.1) is 0 Å². The van der Waals surface area contributed by atoms with Crippen molar-refractivity contribution in [2.75, 3.05) is 6.79 Å². The van der Waals surface area contributed by atoms with Crippen molar-refractivity contribution in [3.63, 3.8) is 0 Å². The average molecular weight is 244 g/mol. The molecular weight excluding hydrogens is 232 g/mol. The third-order valence-electron chi connectivity index (χ3n) is 2.31. The Bertz CT molecular complexity index is 428. The molecule has 0 bridgehead atoms. The highest BCUT2D eigenvalue weighted by molar-refractivity contribution is 6.41. The van der Waals surface area contributed by atoms with Crippen molar-refractivity contribution in [1.82, 2.24) is 5.23 Å². The molecule has 1 N–H and O–H groups in total. The zero-order valence-electron chi connectivity index (χ0n) is 11.1. The highest BCUT2D eigenvalue weighted by Crippen LogP contribution is 2.34. The van der Waals surface area contributed by atoms with Gasteiger partial charge in [0.2, 0.25) is 6.79 Å². The van der Waals surface area contributed by atoms with E-state index in [0.29, 0.717) is 5.75 Å². The average Bonchev–Trinajstić information content (AvgIpc) is 2.74. The number of rotatable bonds is 2. The van der Waals surface area contributed by atoms with Crippen LogP contribution < -0.4 is 14.7 Å². The number of hydrogen-bond donors (Lipinski definition) is 1. The lowest BCUT2D eigenvalue weighted by molar-refractivity contribution is 0.174. The second-order valence-electron chi connectivity index (χ2n) is 4.78. The SMILES string of the molecule is [B]C([B])(C)c1ccc2c(c1)OCO2.[B]NC([B])([B])C. The molecule has 0 saturated carbocycles. The molecule has 1 aliphatic heterocycles. The molecule has 1 aromatic carbocycles. The molecule has 1 aromatic rings. The first-order chi connectivity index (χ1) is 8.63. The van der Waals surface area contributed by atoms with Gasteiger partial charge in [-0.1, -0.05) is 36.0 Å². The van der Waals surface area contributed by atoms with E-state index < -0.39 is 10.6 Å². The molecule has 0 spiro atoms. The summed E-state index contributed by atoms with van der Waals surface area (Å²) in [5.41, 5.74) is 0.830. The van der Waals surface area contributed by atoms with Crippen LogP contribution in [-0.2, 0) is 5.21 Å². The molecule has 0 unspecified atom stereocenters. The lowest BCUT2D eigenvalue weighted by Crippen LogP contribution is -2.41. The highest BCUT2D eigenvalue weighted by atomic mass is 16.7. The maximum atomic E-state index is 5.73. The third-order valence-corrected chi connectivity index (χ3v) is 2.31. The van der Waals surface area contributed by atoms with Gasteiger partial charge >= 0.3 is 0 Å². The van der Waals surface area contributed by atoms with E-state index in [1.165, 1.54) is 0 Å². The van der Waals surface area contributed by atoms with Crippen LogP contribution in [0.3, 0.4) is 0 Å². The van der Waals surface area contributed by atoms with Crippen LogP contribution in [0.2, 0.25) is 0 Å². The van der Waals surface area contributed by atoms with Gasteiger partial charge in [0.05, 0.1) is 31.4 Å². The molecule has 1 aliphatic rings.